The number of nitrogens with one attached hydrogen (secondary N) is 1. The molecule has 0 radical (unpaired) electrons. The van der Waals surface area contributed by atoms with E-state index in [0.717, 1.165) is 18.6 Å². The zero-order chi connectivity index (χ0) is 23.8. The third-order valence-electron chi connectivity index (χ3n) is 4.03. The van der Waals surface area contributed by atoms with Gasteiger partial charge < -0.3 is 10.4 Å². The quantitative estimate of drug-likeness (QED) is 0.450. The Morgan fingerprint density at radius 1 is 1.28 bits per heavy atom. The van der Waals surface area contributed by atoms with E-state index in [2.05, 4.69) is 19.5 Å². The van der Waals surface area contributed by atoms with Gasteiger partial charge >= 0.3 is 0 Å². The van der Waals surface area contributed by atoms with E-state index in [4.69, 9.17) is 11.6 Å². The Kier molecular flexibility index (Phi) is 6.53. The van der Waals surface area contributed by atoms with Gasteiger partial charge in [-0.1, -0.05) is 11.6 Å². The minimum atomic E-state index is -4.16. The van der Waals surface area contributed by atoms with Gasteiger partial charge in [-0.05, 0) is 24.3 Å². The molecule has 2 aromatic heterocycles. The number of aromatic nitrogens is 3. The summed E-state index contributed by atoms with van der Waals surface area (Å²) in [5, 5.41) is 12.6. The molecule has 1 unspecified atom stereocenters. The van der Waals surface area contributed by atoms with Crippen LogP contribution in [0.2, 0.25) is 5.02 Å². The van der Waals surface area contributed by atoms with Crippen LogP contribution in [0.15, 0.2) is 30.5 Å². The van der Waals surface area contributed by atoms with Crippen molar-refractivity contribution >= 4 is 54.5 Å². The smallest absolute Gasteiger partial charge is 0.264 e. The highest BCUT2D eigenvalue weighted by Crippen LogP contribution is 2.26. The van der Waals surface area contributed by atoms with E-state index in [1.165, 1.54) is 24.4 Å². The fourth-order valence-corrected chi connectivity index (χ4v) is 4.33. The maximum atomic E-state index is 13.4. The number of benzene rings is 1. The monoisotopic (exact) mass is 506 g/mol. The first-order chi connectivity index (χ1) is 14.8. The van der Waals surface area contributed by atoms with E-state index in [1.54, 1.807) is 0 Å². The number of rotatable bonds is 7. The predicted molar refractivity (Wildman–Crippen MR) is 113 cm³/mol. The molecule has 2 heterocycles. The molecule has 0 bridgehead atoms. The zero-order valence-electron chi connectivity index (χ0n) is 16.5. The SMILES string of the molecule is CS(=O)(=O)OCC(O)c1nc2nccc(C(=O)Nc3ccc(F)c(Cl)c3)c2n1S(C)(=O)=O. The van der Waals surface area contributed by atoms with Crippen molar-refractivity contribution < 1.29 is 35.3 Å². The van der Waals surface area contributed by atoms with Crippen molar-refractivity contribution in [2.45, 2.75) is 6.10 Å². The number of hydrogen-bond acceptors (Lipinski definition) is 9. The third-order valence-corrected chi connectivity index (χ3v) is 5.92. The first kappa shape index (κ1) is 24.0. The highest BCUT2D eigenvalue weighted by Gasteiger charge is 2.28. The Hall–Kier alpha value is -2.65. The van der Waals surface area contributed by atoms with Gasteiger partial charge in [-0.25, -0.2) is 26.7 Å². The van der Waals surface area contributed by atoms with Crippen molar-refractivity contribution in [1.82, 2.24) is 13.9 Å². The van der Waals surface area contributed by atoms with Crippen molar-refractivity contribution in [2.24, 2.45) is 0 Å². The largest absolute Gasteiger partial charge is 0.383 e. The van der Waals surface area contributed by atoms with Gasteiger partial charge in [0.15, 0.2) is 11.5 Å². The third kappa shape index (κ3) is 5.21. The van der Waals surface area contributed by atoms with Crippen LogP contribution in [0.25, 0.3) is 11.2 Å². The number of imidazole rings is 1. The van der Waals surface area contributed by atoms with Crippen LogP contribution in [-0.4, -0.2) is 60.9 Å². The number of aliphatic hydroxyl groups is 1. The van der Waals surface area contributed by atoms with E-state index in [9.17, 15) is 31.1 Å². The second-order valence-electron chi connectivity index (χ2n) is 6.62. The summed E-state index contributed by atoms with van der Waals surface area (Å²) in [6.07, 6.45) is 0.971. The lowest BCUT2D eigenvalue weighted by Crippen LogP contribution is -2.21. The molecule has 0 aliphatic carbocycles. The number of pyridine rings is 1. The Bertz CT molecular complexity index is 1420. The average molecular weight is 507 g/mol. The molecule has 1 atom stereocenters. The molecule has 32 heavy (non-hydrogen) atoms. The maximum absolute atomic E-state index is 13.4. The Balaban J connectivity index is 2.11. The molecule has 0 aliphatic heterocycles. The van der Waals surface area contributed by atoms with Gasteiger partial charge in [0.2, 0.25) is 10.0 Å². The van der Waals surface area contributed by atoms with Gasteiger partial charge in [0.05, 0.1) is 29.7 Å². The lowest BCUT2D eigenvalue weighted by molar-refractivity contribution is 0.102. The van der Waals surface area contributed by atoms with Gasteiger partial charge in [0.1, 0.15) is 17.4 Å². The molecule has 0 fully saturated rings. The van der Waals surface area contributed by atoms with Crippen LogP contribution in [0, 0.1) is 5.82 Å². The van der Waals surface area contributed by atoms with Gasteiger partial charge in [0.25, 0.3) is 16.0 Å². The number of fused-ring (bicyclic) bond motifs is 1. The maximum Gasteiger partial charge on any atom is 0.264 e. The van der Waals surface area contributed by atoms with Gasteiger partial charge in [-0.15, -0.1) is 0 Å². The van der Waals surface area contributed by atoms with Crippen molar-refractivity contribution in [1.29, 1.82) is 0 Å². The van der Waals surface area contributed by atoms with Crippen LogP contribution in [0.5, 0.6) is 0 Å². The summed E-state index contributed by atoms with van der Waals surface area (Å²) in [5.74, 6) is -1.98. The van der Waals surface area contributed by atoms with E-state index < -0.39 is 50.4 Å². The fourth-order valence-electron chi connectivity index (χ4n) is 2.76. The second kappa shape index (κ2) is 8.71. The van der Waals surface area contributed by atoms with Crippen molar-refractivity contribution in [2.75, 3.05) is 24.4 Å². The molecule has 0 saturated heterocycles. The second-order valence-corrected chi connectivity index (χ2v) is 10.5. The number of carbonyl (C=O) groups is 1. The van der Waals surface area contributed by atoms with E-state index >= 15 is 0 Å². The number of aliphatic hydroxyl groups excluding tert-OH is 1. The lowest BCUT2D eigenvalue weighted by atomic mass is 10.2. The summed E-state index contributed by atoms with van der Waals surface area (Å²) in [5.41, 5.74) is -0.503. The first-order valence-corrected chi connectivity index (χ1v) is 12.7. The highest BCUT2D eigenvalue weighted by molar-refractivity contribution is 7.89. The van der Waals surface area contributed by atoms with Crippen LogP contribution in [0.3, 0.4) is 0 Å². The molecule has 0 aliphatic rings. The van der Waals surface area contributed by atoms with E-state index in [0.29, 0.717) is 3.97 Å². The van der Waals surface area contributed by atoms with E-state index in [1.807, 2.05) is 0 Å². The van der Waals surface area contributed by atoms with Crippen LogP contribution < -0.4 is 5.32 Å². The lowest BCUT2D eigenvalue weighted by Gasteiger charge is -2.13. The summed E-state index contributed by atoms with van der Waals surface area (Å²) in [7, 11) is -8.09. The number of nitrogens with zero attached hydrogens (tertiary/aromatic N) is 3. The van der Waals surface area contributed by atoms with Crippen LogP contribution in [-0.2, 0) is 24.3 Å². The Labute approximate surface area is 187 Å². The Morgan fingerprint density at radius 3 is 2.56 bits per heavy atom. The normalized spacial score (nSPS) is 13.3. The predicted octanol–water partition coefficient (Wildman–Crippen LogP) is 1.29. The van der Waals surface area contributed by atoms with E-state index in [-0.39, 0.29) is 27.4 Å². The molecule has 1 aromatic carbocycles. The zero-order valence-corrected chi connectivity index (χ0v) is 18.9. The number of amides is 1. The molecule has 15 heteroatoms. The molecular formula is C17H16ClFN4O7S2. The van der Waals surface area contributed by atoms with Crippen LogP contribution >= 0.6 is 11.6 Å². The van der Waals surface area contributed by atoms with Crippen molar-refractivity contribution in [3.8, 4) is 0 Å². The average Bonchev–Trinajstić information content (AvgIpc) is 3.08. The summed E-state index contributed by atoms with van der Waals surface area (Å²) in [6.45, 7) is -0.812. The summed E-state index contributed by atoms with van der Waals surface area (Å²) in [4.78, 5) is 20.7. The number of hydrogen-bond donors (Lipinski definition) is 2. The van der Waals surface area contributed by atoms with Crippen molar-refractivity contribution in [3.05, 3.63) is 52.7 Å². The molecule has 0 saturated carbocycles. The summed E-state index contributed by atoms with van der Waals surface area (Å²) in [6, 6.07) is 4.67. The van der Waals surface area contributed by atoms with Crippen LogP contribution in [0.4, 0.5) is 10.1 Å². The molecule has 3 rings (SSSR count). The van der Waals surface area contributed by atoms with Crippen molar-refractivity contribution in [3.63, 3.8) is 0 Å². The first-order valence-electron chi connectivity index (χ1n) is 8.64. The number of halogens is 2. The topological polar surface area (TPSA) is 158 Å². The molecule has 0 spiro atoms. The van der Waals surface area contributed by atoms with Gasteiger partial charge in [-0.3, -0.25) is 8.98 Å². The molecule has 2 N–H and O–H groups in total. The van der Waals surface area contributed by atoms with Gasteiger partial charge in [0, 0.05) is 11.9 Å². The Morgan fingerprint density at radius 2 is 1.97 bits per heavy atom. The number of carbonyl (C=O) groups excluding carboxylic acids is 1. The molecular weight excluding hydrogens is 491 g/mol. The van der Waals surface area contributed by atoms with Gasteiger partial charge in [-0.2, -0.15) is 8.42 Å². The molecule has 1 amide bonds. The minimum Gasteiger partial charge on any atom is -0.383 e. The minimum absolute atomic E-state index is 0.138. The van der Waals surface area contributed by atoms with Crippen LogP contribution in [0.1, 0.15) is 22.3 Å². The standard InChI is InChI=1S/C17H16ClFN4O7S2/c1-31(26,27)23-14-10(17(25)21-9-3-4-12(19)11(18)7-9)5-6-20-15(14)22-16(23)13(24)8-30-32(2,28)29/h3-7,13,24H,8H2,1-2H3,(H,21,25). The summed E-state index contributed by atoms with van der Waals surface area (Å²) < 4.78 is 65.8. The number of anilines is 1. The molecule has 3 aromatic rings. The molecule has 11 nitrogen and oxygen atoms in total. The summed E-state index contributed by atoms with van der Waals surface area (Å²) >= 11 is 5.71. The highest BCUT2D eigenvalue weighted by atomic mass is 35.5. The molecule has 172 valence electrons. The fraction of sp³-hybridized carbons (Fsp3) is 0.235.